The number of aromatic nitrogens is 1. The lowest BCUT2D eigenvalue weighted by Gasteiger charge is -2.16. The number of hydrogen-bond donors (Lipinski definition) is 1. The quantitative estimate of drug-likeness (QED) is 0.630. The van der Waals surface area contributed by atoms with Gasteiger partial charge in [0.15, 0.2) is 11.5 Å². The Balaban J connectivity index is 1.73. The first-order valence-corrected chi connectivity index (χ1v) is 8.78. The van der Waals surface area contributed by atoms with Crippen molar-refractivity contribution >= 4 is 11.6 Å². The van der Waals surface area contributed by atoms with Gasteiger partial charge in [-0.1, -0.05) is 48.0 Å². The molecular weight excluding hydrogens is 348 g/mol. The largest absolute Gasteiger partial charge is 0.493 e. The average Bonchev–Trinajstić information content (AvgIpc) is 2.68. The van der Waals surface area contributed by atoms with Crippen LogP contribution in [0.4, 0.5) is 0 Å². The molecule has 0 amide bonds. The van der Waals surface area contributed by atoms with Crippen LogP contribution in [0.2, 0.25) is 5.02 Å². The summed E-state index contributed by atoms with van der Waals surface area (Å²) in [7, 11) is 1.62. The molecular formula is C21H21ClN2O2. The van der Waals surface area contributed by atoms with Crippen LogP contribution in [-0.2, 0) is 19.7 Å². The SMILES string of the molecule is COc1cc(Cl)cc(CNCc2ccccn2)c1OCc1ccccc1. The van der Waals surface area contributed by atoms with E-state index in [1.807, 2.05) is 54.6 Å². The Morgan fingerprint density at radius 3 is 2.54 bits per heavy atom. The van der Waals surface area contributed by atoms with Crippen molar-refractivity contribution < 1.29 is 9.47 Å². The molecule has 4 nitrogen and oxygen atoms in total. The van der Waals surface area contributed by atoms with Crippen LogP contribution >= 0.6 is 11.6 Å². The Hall–Kier alpha value is -2.56. The first-order chi connectivity index (χ1) is 12.8. The third-order valence-corrected chi connectivity index (χ3v) is 4.11. The molecule has 2 aromatic carbocycles. The van der Waals surface area contributed by atoms with Gasteiger partial charge >= 0.3 is 0 Å². The summed E-state index contributed by atoms with van der Waals surface area (Å²) in [6.45, 7) is 1.72. The van der Waals surface area contributed by atoms with Crippen molar-refractivity contribution in [2.24, 2.45) is 0 Å². The lowest BCUT2D eigenvalue weighted by Crippen LogP contribution is -2.15. The summed E-state index contributed by atoms with van der Waals surface area (Å²) in [5.74, 6) is 1.33. The molecule has 0 atom stereocenters. The van der Waals surface area contributed by atoms with E-state index >= 15 is 0 Å². The van der Waals surface area contributed by atoms with Crippen LogP contribution in [0.15, 0.2) is 66.9 Å². The molecule has 0 spiro atoms. The van der Waals surface area contributed by atoms with Crippen LogP contribution < -0.4 is 14.8 Å². The van der Waals surface area contributed by atoms with E-state index in [0.717, 1.165) is 16.8 Å². The minimum atomic E-state index is 0.464. The Morgan fingerprint density at radius 2 is 1.81 bits per heavy atom. The van der Waals surface area contributed by atoms with E-state index in [0.29, 0.717) is 36.2 Å². The highest BCUT2D eigenvalue weighted by atomic mass is 35.5. The molecule has 0 saturated carbocycles. The Kier molecular flexibility index (Phi) is 6.47. The molecule has 0 fully saturated rings. The number of nitrogens with zero attached hydrogens (tertiary/aromatic N) is 1. The zero-order valence-electron chi connectivity index (χ0n) is 14.6. The van der Waals surface area contributed by atoms with Crippen molar-refractivity contribution in [1.29, 1.82) is 0 Å². The van der Waals surface area contributed by atoms with Crippen molar-refractivity contribution in [2.45, 2.75) is 19.7 Å². The van der Waals surface area contributed by atoms with Crippen LogP contribution in [0.25, 0.3) is 0 Å². The maximum atomic E-state index is 6.24. The molecule has 0 aliphatic heterocycles. The van der Waals surface area contributed by atoms with Gasteiger partial charge < -0.3 is 14.8 Å². The van der Waals surface area contributed by atoms with Crippen molar-refractivity contribution in [3.63, 3.8) is 0 Å². The molecule has 1 N–H and O–H groups in total. The second kappa shape index (κ2) is 9.22. The van der Waals surface area contributed by atoms with Crippen LogP contribution in [0.5, 0.6) is 11.5 Å². The van der Waals surface area contributed by atoms with E-state index in [1.54, 1.807) is 19.4 Å². The maximum Gasteiger partial charge on any atom is 0.166 e. The van der Waals surface area contributed by atoms with Crippen LogP contribution in [0.3, 0.4) is 0 Å². The van der Waals surface area contributed by atoms with Crippen molar-refractivity contribution in [1.82, 2.24) is 10.3 Å². The fourth-order valence-electron chi connectivity index (χ4n) is 2.63. The molecule has 1 aromatic heterocycles. The number of ether oxygens (including phenoxy) is 2. The van der Waals surface area contributed by atoms with Crippen molar-refractivity contribution in [2.75, 3.05) is 7.11 Å². The second-order valence-electron chi connectivity index (χ2n) is 5.80. The third-order valence-electron chi connectivity index (χ3n) is 3.89. The van der Waals surface area contributed by atoms with Gasteiger partial charge in [-0.05, 0) is 23.8 Å². The van der Waals surface area contributed by atoms with Gasteiger partial charge in [0, 0.05) is 35.9 Å². The zero-order chi connectivity index (χ0) is 18.2. The van der Waals surface area contributed by atoms with Crippen molar-refractivity contribution in [3.8, 4) is 11.5 Å². The summed E-state index contributed by atoms with van der Waals surface area (Å²) >= 11 is 6.24. The number of methoxy groups -OCH3 is 1. The number of benzene rings is 2. The normalized spacial score (nSPS) is 10.5. The monoisotopic (exact) mass is 368 g/mol. The highest BCUT2D eigenvalue weighted by molar-refractivity contribution is 6.30. The Bertz CT molecular complexity index is 826. The summed E-state index contributed by atoms with van der Waals surface area (Å²) in [6.07, 6.45) is 1.79. The Labute approximate surface area is 158 Å². The summed E-state index contributed by atoms with van der Waals surface area (Å²) < 4.78 is 11.5. The summed E-state index contributed by atoms with van der Waals surface area (Å²) in [4.78, 5) is 4.32. The molecule has 0 unspecified atom stereocenters. The summed E-state index contributed by atoms with van der Waals surface area (Å²) in [5, 5.41) is 3.99. The topological polar surface area (TPSA) is 43.4 Å². The molecule has 1 heterocycles. The number of nitrogens with one attached hydrogen (secondary N) is 1. The number of pyridine rings is 1. The van der Waals surface area contributed by atoms with Crippen LogP contribution in [0, 0.1) is 0 Å². The zero-order valence-corrected chi connectivity index (χ0v) is 15.4. The van der Waals surface area contributed by atoms with E-state index in [4.69, 9.17) is 21.1 Å². The molecule has 0 aliphatic carbocycles. The molecule has 3 aromatic rings. The molecule has 0 saturated heterocycles. The molecule has 5 heteroatoms. The highest BCUT2D eigenvalue weighted by Gasteiger charge is 2.13. The third kappa shape index (κ3) is 4.97. The van der Waals surface area contributed by atoms with Gasteiger partial charge in [0.2, 0.25) is 0 Å². The first-order valence-electron chi connectivity index (χ1n) is 8.40. The van der Waals surface area contributed by atoms with E-state index < -0.39 is 0 Å². The second-order valence-corrected chi connectivity index (χ2v) is 6.23. The van der Waals surface area contributed by atoms with Gasteiger partial charge in [-0.3, -0.25) is 4.98 Å². The number of halogens is 1. The van der Waals surface area contributed by atoms with Gasteiger partial charge in [0.05, 0.1) is 12.8 Å². The van der Waals surface area contributed by atoms with E-state index in [9.17, 15) is 0 Å². The predicted molar refractivity (Wildman–Crippen MR) is 104 cm³/mol. The molecule has 0 bridgehead atoms. The predicted octanol–water partition coefficient (Wildman–Crippen LogP) is 4.61. The van der Waals surface area contributed by atoms with Gasteiger partial charge in [0.1, 0.15) is 6.61 Å². The molecule has 0 radical (unpaired) electrons. The lowest BCUT2D eigenvalue weighted by molar-refractivity contribution is 0.280. The fraction of sp³-hybridized carbons (Fsp3) is 0.190. The van der Waals surface area contributed by atoms with Crippen LogP contribution in [0.1, 0.15) is 16.8 Å². The smallest absolute Gasteiger partial charge is 0.166 e. The van der Waals surface area contributed by atoms with Gasteiger partial charge in [-0.15, -0.1) is 0 Å². The fourth-order valence-corrected chi connectivity index (χ4v) is 2.86. The summed E-state index contributed by atoms with van der Waals surface area (Å²) in [5.41, 5.74) is 3.02. The molecule has 134 valence electrons. The van der Waals surface area contributed by atoms with E-state index in [2.05, 4.69) is 10.3 Å². The van der Waals surface area contributed by atoms with Gasteiger partial charge in [-0.2, -0.15) is 0 Å². The number of rotatable bonds is 8. The maximum absolute atomic E-state index is 6.24. The number of hydrogen-bond acceptors (Lipinski definition) is 4. The Morgan fingerprint density at radius 1 is 1.00 bits per heavy atom. The minimum Gasteiger partial charge on any atom is -0.493 e. The molecule has 26 heavy (non-hydrogen) atoms. The lowest BCUT2D eigenvalue weighted by atomic mass is 10.1. The minimum absolute atomic E-state index is 0.464. The molecule has 0 aliphatic rings. The average molecular weight is 369 g/mol. The standard InChI is InChI=1S/C21H21ClN2O2/c1-25-20-12-18(22)11-17(13-23-14-19-9-5-6-10-24-19)21(20)26-15-16-7-3-2-4-8-16/h2-12,23H,13-15H2,1H3. The van der Waals surface area contributed by atoms with E-state index in [-0.39, 0.29) is 0 Å². The summed E-state index contributed by atoms with van der Waals surface area (Å²) in [6, 6.07) is 19.6. The highest BCUT2D eigenvalue weighted by Crippen LogP contribution is 2.35. The molecule has 3 rings (SSSR count). The van der Waals surface area contributed by atoms with Gasteiger partial charge in [0.25, 0.3) is 0 Å². The van der Waals surface area contributed by atoms with Crippen LogP contribution in [-0.4, -0.2) is 12.1 Å². The van der Waals surface area contributed by atoms with Gasteiger partial charge in [-0.25, -0.2) is 0 Å². The first kappa shape index (κ1) is 18.2. The van der Waals surface area contributed by atoms with E-state index in [1.165, 1.54) is 0 Å². The van der Waals surface area contributed by atoms with Crippen molar-refractivity contribution in [3.05, 3.63) is 88.7 Å².